The molecule has 0 aliphatic heterocycles. The van der Waals surface area contributed by atoms with E-state index in [1.807, 2.05) is 63.2 Å². The SMILES string of the molecule is CCC(C)NC(=O)C(CC)N(CCc1ccccc1)C(=O)Cc1cccc(Cl)c1. The summed E-state index contributed by atoms with van der Waals surface area (Å²) in [7, 11) is 0. The second-order valence-corrected chi connectivity index (χ2v) is 7.81. The molecule has 0 aromatic heterocycles. The second kappa shape index (κ2) is 11.6. The van der Waals surface area contributed by atoms with Crippen LogP contribution in [0.15, 0.2) is 54.6 Å². The van der Waals surface area contributed by atoms with Gasteiger partial charge in [0, 0.05) is 17.6 Å². The third-order valence-electron chi connectivity index (χ3n) is 5.12. The van der Waals surface area contributed by atoms with Crippen molar-refractivity contribution in [3.63, 3.8) is 0 Å². The van der Waals surface area contributed by atoms with Gasteiger partial charge in [0.1, 0.15) is 6.04 Å². The minimum Gasteiger partial charge on any atom is -0.352 e. The molecule has 0 aliphatic rings. The van der Waals surface area contributed by atoms with Crippen molar-refractivity contribution in [2.24, 2.45) is 0 Å². The average molecular weight is 415 g/mol. The average Bonchev–Trinajstić information content (AvgIpc) is 2.71. The van der Waals surface area contributed by atoms with Gasteiger partial charge in [0.15, 0.2) is 0 Å². The molecular weight excluding hydrogens is 384 g/mol. The Labute approximate surface area is 179 Å². The smallest absolute Gasteiger partial charge is 0.243 e. The first-order valence-corrected chi connectivity index (χ1v) is 10.7. The maximum absolute atomic E-state index is 13.2. The van der Waals surface area contributed by atoms with Gasteiger partial charge in [0.05, 0.1) is 6.42 Å². The summed E-state index contributed by atoms with van der Waals surface area (Å²) in [4.78, 5) is 27.8. The van der Waals surface area contributed by atoms with Crippen molar-refractivity contribution in [1.82, 2.24) is 10.2 Å². The molecule has 2 unspecified atom stereocenters. The van der Waals surface area contributed by atoms with Crippen LogP contribution in [0.4, 0.5) is 0 Å². The molecule has 0 spiro atoms. The standard InChI is InChI=1S/C24H31ClN2O2/c1-4-18(3)26-24(29)22(5-2)27(15-14-19-10-7-6-8-11-19)23(28)17-20-12-9-13-21(25)16-20/h6-13,16,18,22H,4-5,14-15,17H2,1-3H3,(H,26,29). The Hall–Kier alpha value is -2.33. The van der Waals surface area contributed by atoms with E-state index in [9.17, 15) is 9.59 Å². The van der Waals surface area contributed by atoms with Crippen LogP contribution in [0.2, 0.25) is 5.02 Å². The van der Waals surface area contributed by atoms with E-state index in [0.29, 0.717) is 24.4 Å². The maximum Gasteiger partial charge on any atom is 0.243 e. The molecule has 0 fully saturated rings. The predicted molar refractivity (Wildman–Crippen MR) is 119 cm³/mol. The molecule has 0 saturated carbocycles. The molecular formula is C24H31ClN2O2. The summed E-state index contributed by atoms with van der Waals surface area (Å²) in [6.07, 6.45) is 2.35. The molecule has 29 heavy (non-hydrogen) atoms. The zero-order valence-corrected chi connectivity index (χ0v) is 18.3. The van der Waals surface area contributed by atoms with Gasteiger partial charge < -0.3 is 10.2 Å². The third kappa shape index (κ3) is 7.21. The van der Waals surface area contributed by atoms with Crippen molar-refractivity contribution in [2.75, 3.05) is 6.54 Å². The summed E-state index contributed by atoms with van der Waals surface area (Å²) in [6.45, 7) is 6.45. The molecule has 1 N–H and O–H groups in total. The van der Waals surface area contributed by atoms with Crippen LogP contribution < -0.4 is 5.32 Å². The number of rotatable bonds is 10. The van der Waals surface area contributed by atoms with Crippen molar-refractivity contribution in [2.45, 2.75) is 58.5 Å². The zero-order valence-electron chi connectivity index (χ0n) is 17.5. The van der Waals surface area contributed by atoms with Crippen molar-refractivity contribution >= 4 is 23.4 Å². The number of nitrogens with one attached hydrogen (secondary N) is 1. The molecule has 0 heterocycles. The molecule has 4 nitrogen and oxygen atoms in total. The summed E-state index contributed by atoms with van der Waals surface area (Å²) in [5.41, 5.74) is 2.00. The Kier molecular flexibility index (Phi) is 9.20. The van der Waals surface area contributed by atoms with Crippen LogP contribution in [0.5, 0.6) is 0 Å². The van der Waals surface area contributed by atoms with Crippen LogP contribution >= 0.6 is 11.6 Å². The summed E-state index contributed by atoms with van der Waals surface area (Å²) in [6, 6.07) is 16.9. The first-order chi connectivity index (χ1) is 13.9. The molecule has 2 aromatic rings. The molecule has 2 atom stereocenters. The molecule has 0 saturated heterocycles. The molecule has 0 bridgehead atoms. The van der Waals surface area contributed by atoms with Crippen molar-refractivity contribution < 1.29 is 9.59 Å². The lowest BCUT2D eigenvalue weighted by Crippen LogP contribution is -2.52. The fourth-order valence-corrected chi connectivity index (χ4v) is 3.47. The van der Waals surface area contributed by atoms with Crippen molar-refractivity contribution in [3.8, 4) is 0 Å². The quantitative estimate of drug-likeness (QED) is 0.615. The van der Waals surface area contributed by atoms with Gasteiger partial charge in [-0.05, 0) is 49.4 Å². The highest BCUT2D eigenvalue weighted by molar-refractivity contribution is 6.30. The Balaban J connectivity index is 2.20. The predicted octanol–water partition coefficient (Wildman–Crippen LogP) is 4.65. The van der Waals surface area contributed by atoms with E-state index in [1.54, 1.807) is 17.0 Å². The van der Waals surface area contributed by atoms with E-state index in [-0.39, 0.29) is 24.3 Å². The molecule has 156 valence electrons. The summed E-state index contributed by atoms with van der Waals surface area (Å²) in [5.74, 6) is -0.149. The van der Waals surface area contributed by atoms with Gasteiger partial charge >= 0.3 is 0 Å². The zero-order chi connectivity index (χ0) is 21.2. The van der Waals surface area contributed by atoms with E-state index in [0.717, 1.165) is 17.5 Å². The Morgan fingerprint density at radius 3 is 2.31 bits per heavy atom. The lowest BCUT2D eigenvalue weighted by Gasteiger charge is -2.31. The minimum absolute atomic E-state index is 0.0608. The van der Waals surface area contributed by atoms with Crippen LogP contribution in [0.3, 0.4) is 0 Å². The minimum atomic E-state index is -0.487. The number of nitrogens with zero attached hydrogens (tertiary/aromatic N) is 1. The van der Waals surface area contributed by atoms with Gasteiger partial charge in [-0.2, -0.15) is 0 Å². The molecule has 5 heteroatoms. The number of carbonyl (C=O) groups excluding carboxylic acids is 2. The highest BCUT2D eigenvalue weighted by Crippen LogP contribution is 2.15. The van der Waals surface area contributed by atoms with E-state index < -0.39 is 6.04 Å². The van der Waals surface area contributed by atoms with E-state index in [1.165, 1.54) is 0 Å². The van der Waals surface area contributed by atoms with Crippen LogP contribution in [0.25, 0.3) is 0 Å². The van der Waals surface area contributed by atoms with Crippen LogP contribution in [-0.4, -0.2) is 35.3 Å². The lowest BCUT2D eigenvalue weighted by atomic mass is 10.1. The summed E-state index contributed by atoms with van der Waals surface area (Å²) >= 11 is 6.07. The Bertz CT molecular complexity index is 794. The number of hydrogen-bond acceptors (Lipinski definition) is 2. The first kappa shape index (κ1) is 23.0. The fourth-order valence-electron chi connectivity index (χ4n) is 3.26. The van der Waals surface area contributed by atoms with Crippen LogP contribution in [0.1, 0.15) is 44.7 Å². The van der Waals surface area contributed by atoms with Gasteiger partial charge in [-0.3, -0.25) is 9.59 Å². The van der Waals surface area contributed by atoms with Gasteiger partial charge in [-0.15, -0.1) is 0 Å². The number of halogens is 1. The molecule has 2 rings (SSSR count). The van der Waals surface area contributed by atoms with Crippen molar-refractivity contribution in [1.29, 1.82) is 0 Å². The number of hydrogen-bond donors (Lipinski definition) is 1. The van der Waals surface area contributed by atoms with Crippen LogP contribution in [-0.2, 0) is 22.4 Å². The molecule has 0 aliphatic carbocycles. The highest BCUT2D eigenvalue weighted by atomic mass is 35.5. The molecule has 2 amide bonds. The van der Waals surface area contributed by atoms with Gasteiger partial charge in [0.25, 0.3) is 0 Å². The number of carbonyl (C=O) groups is 2. The summed E-state index contributed by atoms with van der Waals surface area (Å²) in [5, 5.41) is 3.64. The topological polar surface area (TPSA) is 49.4 Å². The monoisotopic (exact) mass is 414 g/mol. The largest absolute Gasteiger partial charge is 0.352 e. The van der Waals surface area contributed by atoms with E-state index in [2.05, 4.69) is 5.32 Å². The van der Waals surface area contributed by atoms with Gasteiger partial charge in [-0.25, -0.2) is 0 Å². The first-order valence-electron chi connectivity index (χ1n) is 10.3. The van der Waals surface area contributed by atoms with E-state index in [4.69, 9.17) is 11.6 Å². The molecule has 2 aromatic carbocycles. The number of benzene rings is 2. The highest BCUT2D eigenvalue weighted by Gasteiger charge is 2.28. The lowest BCUT2D eigenvalue weighted by molar-refractivity contribution is -0.140. The fraction of sp³-hybridized carbons (Fsp3) is 0.417. The normalized spacial score (nSPS) is 12.8. The van der Waals surface area contributed by atoms with Gasteiger partial charge in [-0.1, -0.05) is 67.9 Å². The third-order valence-corrected chi connectivity index (χ3v) is 5.35. The van der Waals surface area contributed by atoms with Gasteiger partial charge in [0.2, 0.25) is 11.8 Å². The molecule has 0 radical (unpaired) electrons. The maximum atomic E-state index is 13.2. The van der Waals surface area contributed by atoms with Crippen molar-refractivity contribution in [3.05, 3.63) is 70.7 Å². The van der Waals surface area contributed by atoms with E-state index >= 15 is 0 Å². The summed E-state index contributed by atoms with van der Waals surface area (Å²) < 4.78 is 0. The number of amides is 2. The van der Waals surface area contributed by atoms with Crippen LogP contribution in [0, 0.1) is 0 Å². The Morgan fingerprint density at radius 1 is 1.00 bits per heavy atom. The Morgan fingerprint density at radius 2 is 1.69 bits per heavy atom. The second-order valence-electron chi connectivity index (χ2n) is 7.37.